The maximum atomic E-state index is 14.6. The van der Waals surface area contributed by atoms with E-state index in [0.29, 0.717) is 0 Å². The van der Waals surface area contributed by atoms with Crippen LogP contribution >= 0.6 is 11.3 Å². The van der Waals surface area contributed by atoms with Gasteiger partial charge in [-0.1, -0.05) is 6.07 Å². The second-order valence-electron chi connectivity index (χ2n) is 10.5. The number of sulfonamides is 2. The number of ketones is 1. The average Bonchev–Trinajstić information content (AvgIpc) is 3.56. The molecular formula is C24H24F2N4O6S3. The van der Waals surface area contributed by atoms with E-state index in [2.05, 4.69) is 14.4 Å². The molecule has 1 aromatic heterocycles. The zero-order valence-electron chi connectivity index (χ0n) is 20.6. The van der Waals surface area contributed by atoms with Crippen molar-refractivity contribution in [2.45, 2.75) is 43.3 Å². The molecule has 1 amide bonds. The van der Waals surface area contributed by atoms with Crippen LogP contribution in [0.4, 0.5) is 13.8 Å². The standard InChI is InChI=1S/C24H24F2N4O6S3/c1-38(33,34)27-8-14-10-37-23-21(14)39(35,36)29-22(28-23)18-20(31)17-11-2-3-12(6-11)19(17)30(24(18)32)9-13-4-5-15(25)7-16(13)26/h4-5,7,10-12,17-19,27H,2-3,6,8-9H2,1H3,(H,28,29). The lowest BCUT2D eigenvalue weighted by Crippen LogP contribution is -2.61. The summed E-state index contributed by atoms with van der Waals surface area (Å²) in [6, 6.07) is 2.65. The van der Waals surface area contributed by atoms with E-state index in [4.69, 9.17) is 0 Å². The van der Waals surface area contributed by atoms with E-state index < -0.39 is 61.2 Å². The van der Waals surface area contributed by atoms with Crippen LogP contribution in [0.5, 0.6) is 0 Å². The van der Waals surface area contributed by atoms with Crippen molar-refractivity contribution in [3.8, 4) is 0 Å². The molecule has 2 aliphatic carbocycles. The molecule has 5 unspecified atom stereocenters. The fraction of sp³-hybridized carbons (Fsp3) is 0.458. The number of amides is 1. The number of anilines is 1. The van der Waals surface area contributed by atoms with Crippen molar-refractivity contribution < 1.29 is 35.2 Å². The lowest BCUT2D eigenvalue weighted by atomic mass is 9.73. The van der Waals surface area contributed by atoms with E-state index in [9.17, 15) is 35.2 Å². The molecule has 0 radical (unpaired) electrons. The molecule has 2 aromatic rings. The number of piperidine rings is 1. The molecule has 1 saturated heterocycles. The highest BCUT2D eigenvalue weighted by atomic mass is 32.2. The maximum absolute atomic E-state index is 14.6. The number of benzene rings is 1. The number of thiophene rings is 1. The molecule has 2 saturated carbocycles. The van der Waals surface area contributed by atoms with E-state index in [1.807, 2.05) is 0 Å². The third-order valence-electron chi connectivity index (χ3n) is 8.06. The molecule has 3 fully saturated rings. The Morgan fingerprint density at radius 2 is 1.92 bits per heavy atom. The largest absolute Gasteiger partial charge is 0.333 e. The Morgan fingerprint density at radius 3 is 2.64 bits per heavy atom. The molecule has 1 aromatic carbocycles. The van der Waals surface area contributed by atoms with Gasteiger partial charge >= 0.3 is 0 Å². The second kappa shape index (κ2) is 9.14. The monoisotopic (exact) mass is 598 g/mol. The van der Waals surface area contributed by atoms with Crippen molar-refractivity contribution in [2.24, 2.45) is 28.1 Å². The summed E-state index contributed by atoms with van der Waals surface area (Å²) < 4.78 is 83.7. The van der Waals surface area contributed by atoms with Gasteiger partial charge in [0.25, 0.3) is 10.0 Å². The van der Waals surface area contributed by atoms with Crippen LogP contribution in [0.15, 0.2) is 32.9 Å². The molecule has 4 aliphatic rings. The number of amidine groups is 1. The van der Waals surface area contributed by atoms with E-state index in [1.54, 1.807) is 0 Å². The Kier molecular flexibility index (Phi) is 6.21. The predicted octanol–water partition coefficient (Wildman–Crippen LogP) is 2.23. The van der Waals surface area contributed by atoms with Crippen LogP contribution in [0.1, 0.15) is 30.4 Å². The lowest BCUT2D eigenvalue weighted by Gasteiger charge is -2.45. The van der Waals surface area contributed by atoms with Crippen LogP contribution in [-0.2, 0) is 42.7 Å². The fourth-order valence-corrected chi connectivity index (χ4v) is 9.59. The number of rotatable bonds is 6. The maximum Gasteiger partial charge on any atom is 0.287 e. The van der Waals surface area contributed by atoms with Gasteiger partial charge in [0, 0.05) is 42.2 Å². The molecule has 10 nitrogen and oxygen atoms in total. The molecule has 3 heterocycles. The quantitative estimate of drug-likeness (QED) is 0.486. The van der Waals surface area contributed by atoms with Crippen LogP contribution in [0, 0.1) is 35.3 Å². The van der Waals surface area contributed by atoms with Gasteiger partial charge in [0.05, 0.1) is 6.26 Å². The zero-order valence-corrected chi connectivity index (χ0v) is 23.0. The molecular weight excluding hydrogens is 574 g/mol. The Balaban J connectivity index is 1.37. The predicted molar refractivity (Wildman–Crippen MR) is 138 cm³/mol. The Bertz CT molecular complexity index is 1660. The average molecular weight is 599 g/mol. The summed E-state index contributed by atoms with van der Waals surface area (Å²) in [5.74, 6) is -4.97. The first kappa shape index (κ1) is 26.5. The molecule has 39 heavy (non-hydrogen) atoms. The number of nitrogens with zero attached hydrogens (tertiary/aromatic N) is 2. The molecule has 5 atom stereocenters. The molecule has 6 rings (SSSR count). The molecule has 15 heteroatoms. The van der Waals surface area contributed by atoms with Gasteiger partial charge in [0.1, 0.15) is 27.4 Å². The summed E-state index contributed by atoms with van der Waals surface area (Å²) >= 11 is 0.986. The van der Waals surface area contributed by atoms with Gasteiger partial charge in [0.2, 0.25) is 15.9 Å². The van der Waals surface area contributed by atoms with Crippen molar-refractivity contribution in [3.05, 3.63) is 46.3 Å². The van der Waals surface area contributed by atoms with Crippen LogP contribution < -0.4 is 10.0 Å². The number of halogens is 2. The van der Waals surface area contributed by atoms with Crippen molar-refractivity contribution in [1.29, 1.82) is 0 Å². The molecule has 208 valence electrons. The molecule has 0 spiro atoms. The highest BCUT2D eigenvalue weighted by molar-refractivity contribution is 7.91. The van der Waals surface area contributed by atoms with E-state index in [-0.39, 0.29) is 51.8 Å². The second-order valence-corrected chi connectivity index (χ2v) is 14.7. The van der Waals surface area contributed by atoms with Crippen molar-refractivity contribution in [3.63, 3.8) is 0 Å². The van der Waals surface area contributed by atoms with Crippen LogP contribution in [0.3, 0.4) is 0 Å². The van der Waals surface area contributed by atoms with Crippen molar-refractivity contribution >= 4 is 53.9 Å². The van der Waals surface area contributed by atoms with E-state index in [1.165, 1.54) is 16.3 Å². The molecule has 2 aliphatic heterocycles. The number of hydrogen-bond acceptors (Lipinski definition) is 8. The minimum Gasteiger partial charge on any atom is -0.333 e. The summed E-state index contributed by atoms with van der Waals surface area (Å²) in [6.07, 6.45) is 3.33. The third kappa shape index (κ3) is 4.48. The van der Waals surface area contributed by atoms with Gasteiger partial charge in [-0.3, -0.25) is 9.59 Å². The summed E-state index contributed by atoms with van der Waals surface area (Å²) in [5, 5.41) is 4.43. The SMILES string of the molecule is CS(=O)(=O)NCc1csc2c1S(=O)(=O)N=C(C1C(=O)C3C4CCC(C4)C3N(Cc3ccc(F)cc3F)C1=O)N2. The number of fused-ring (bicyclic) bond motifs is 6. The van der Waals surface area contributed by atoms with Crippen molar-refractivity contribution in [2.75, 3.05) is 11.6 Å². The first-order valence-electron chi connectivity index (χ1n) is 12.3. The lowest BCUT2D eigenvalue weighted by molar-refractivity contribution is -0.153. The number of likely N-dealkylation sites (tertiary alicyclic amines) is 1. The van der Waals surface area contributed by atoms with Gasteiger partial charge < -0.3 is 10.2 Å². The minimum absolute atomic E-state index is 0.0235. The number of hydrogen-bond donors (Lipinski definition) is 2. The summed E-state index contributed by atoms with van der Waals surface area (Å²) in [6.45, 7) is -0.466. The van der Waals surface area contributed by atoms with Gasteiger partial charge in [-0.15, -0.1) is 15.7 Å². The molecule has 2 bridgehead atoms. The number of nitrogens with one attached hydrogen (secondary N) is 2. The minimum atomic E-state index is -4.39. The first-order chi connectivity index (χ1) is 18.3. The van der Waals surface area contributed by atoms with E-state index >= 15 is 0 Å². The Morgan fingerprint density at radius 1 is 1.18 bits per heavy atom. The number of Topliss-reactive ketones (excluding diaryl/α,β-unsaturated/α-hetero) is 1. The van der Waals surface area contributed by atoms with Gasteiger partial charge in [-0.25, -0.2) is 21.9 Å². The normalized spacial score (nSPS) is 29.2. The summed E-state index contributed by atoms with van der Waals surface area (Å²) in [7, 11) is -7.98. The van der Waals surface area contributed by atoms with Crippen molar-refractivity contribution in [1.82, 2.24) is 9.62 Å². The van der Waals surface area contributed by atoms with E-state index in [0.717, 1.165) is 49.0 Å². The molecule has 2 N–H and O–H groups in total. The topological polar surface area (TPSA) is 142 Å². The fourth-order valence-electron chi connectivity index (χ4n) is 6.53. The van der Waals surface area contributed by atoms with Crippen LogP contribution in [-0.4, -0.2) is 51.6 Å². The van der Waals surface area contributed by atoms with Crippen LogP contribution in [0.2, 0.25) is 0 Å². The van der Waals surface area contributed by atoms with Gasteiger partial charge in [-0.05, 0) is 42.5 Å². The zero-order chi connectivity index (χ0) is 27.9. The summed E-state index contributed by atoms with van der Waals surface area (Å²) in [5.41, 5.74) is 0.271. The Hall–Kier alpha value is -2.75. The highest BCUT2D eigenvalue weighted by Gasteiger charge is 2.61. The van der Waals surface area contributed by atoms with Gasteiger partial charge in [-0.2, -0.15) is 8.42 Å². The third-order valence-corrected chi connectivity index (χ3v) is 11.2. The first-order valence-corrected chi connectivity index (χ1v) is 16.5. The smallest absolute Gasteiger partial charge is 0.287 e. The van der Waals surface area contributed by atoms with Gasteiger partial charge in [0.15, 0.2) is 11.7 Å². The number of carbonyl (C=O) groups excluding carboxylic acids is 2. The highest BCUT2D eigenvalue weighted by Crippen LogP contribution is 2.54. The Labute approximate surface area is 227 Å². The summed E-state index contributed by atoms with van der Waals surface area (Å²) in [4.78, 5) is 28.9. The van der Waals surface area contributed by atoms with Crippen LogP contribution in [0.25, 0.3) is 0 Å². The number of carbonyl (C=O) groups is 2.